The van der Waals surface area contributed by atoms with Crippen molar-refractivity contribution in [1.29, 1.82) is 0 Å². The van der Waals surface area contributed by atoms with Crippen molar-refractivity contribution in [2.45, 2.75) is 37.8 Å². The normalized spacial score (nSPS) is 18.5. The number of rotatable bonds is 8. The fraction of sp³-hybridized carbons (Fsp3) is 0.818. The molecule has 0 aromatic rings. The number of carboxylic acids is 1. The van der Waals surface area contributed by atoms with Crippen LogP contribution in [0.25, 0.3) is 0 Å². The van der Waals surface area contributed by atoms with Gasteiger partial charge in [0.1, 0.15) is 0 Å². The maximum Gasteiger partial charge on any atom is 0.305 e. The summed E-state index contributed by atoms with van der Waals surface area (Å²) in [6, 6.07) is -0.918. The number of hydrogen-bond acceptors (Lipinski definition) is 4. The molecule has 1 aliphatic carbocycles. The van der Waals surface area contributed by atoms with E-state index in [0.717, 1.165) is 12.8 Å². The maximum atomic E-state index is 11.7. The number of carbonyl (C=O) groups is 2. The number of amides is 1. The number of ether oxygens (including phenoxy) is 1. The van der Waals surface area contributed by atoms with E-state index in [-0.39, 0.29) is 18.4 Å². The van der Waals surface area contributed by atoms with E-state index in [1.54, 1.807) is 7.11 Å². The van der Waals surface area contributed by atoms with E-state index in [0.29, 0.717) is 18.9 Å². The van der Waals surface area contributed by atoms with Crippen molar-refractivity contribution < 1.29 is 19.4 Å². The minimum Gasteiger partial charge on any atom is -0.481 e. The summed E-state index contributed by atoms with van der Waals surface area (Å²) in [6.07, 6.45) is 2.36. The number of nitrogens with two attached hydrogens (primary N) is 1. The predicted octanol–water partition coefficient (Wildman–Crippen LogP) is -0.280. The van der Waals surface area contributed by atoms with E-state index >= 15 is 0 Å². The molecule has 0 saturated heterocycles. The summed E-state index contributed by atoms with van der Waals surface area (Å²) in [6.45, 7) is 0.418. The first kappa shape index (κ1) is 13.9. The Kier molecular flexibility index (Phi) is 5.37. The third kappa shape index (κ3) is 5.14. The van der Waals surface area contributed by atoms with Crippen molar-refractivity contribution in [3.05, 3.63) is 0 Å². The van der Waals surface area contributed by atoms with Crippen LogP contribution in [0.3, 0.4) is 0 Å². The largest absolute Gasteiger partial charge is 0.481 e. The smallest absolute Gasteiger partial charge is 0.305 e. The molecule has 0 spiro atoms. The number of aliphatic carboxylic acids is 1. The molecule has 1 aliphatic rings. The molecule has 6 nitrogen and oxygen atoms in total. The second-order valence-corrected chi connectivity index (χ2v) is 4.44. The summed E-state index contributed by atoms with van der Waals surface area (Å²) >= 11 is 0. The zero-order valence-corrected chi connectivity index (χ0v) is 10.0. The lowest BCUT2D eigenvalue weighted by Gasteiger charge is -2.19. The third-order valence-electron chi connectivity index (χ3n) is 2.88. The van der Waals surface area contributed by atoms with E-state index in [1.165, 1.54) is 0 Å². The Balaban J connectivity index is 2.37. The summed E-state index contributed by atoms with van der Waals surface area (Å²) in [4.78, 5) is 22.4. The van der Waals surface area contributed by atoms with Crippen molar-refractivity contribution in [2.24, 2.45) is 11.7 Å². The van der Waals surface area contributed by atoms with Crippen LogP contribution < -0.4 is 11.1 Å². The van der Waals surface area contributed by atoms with Gasteiger partial charge in [0, 0.05) is 19.8 Å². The summed E-state index contributed by atoms with van der Waals surface area (Å²) in [5.74, 6) is -0.891. The second kappa shape index (κ2) is 6.56. The molecule has 2 atom stereocenters. The molecule has 1 amide bonds. The highest BCUT2D eigenvalue weighted by Gasteiger charge is 2.34. The number of nitrogens with one attached hydrogen (secondary N) is 1. The average molecular weight is 244 g/mol. The quantitative estimate of drug-likeness (QED) is 0.545. The van der Waals surface area contributed by atoms with Crippen LogP contribution in [-0.2, 0) is 14.3 Å². The van der Waals surface area contributed by atoms with Gasteiger partial charge >= 0.3 is 5.97 Å². The van der Waals surface area contributed by atoms with Gasteiger partial charge in [0.25, 0.3) is 0 Å². The molecular weight excluding hydrogens is 224 g/mol. The van der Waals surface area contributed by atoms with E-state index in [9.17, 15) is 9.59 Å². The molecule has 2 unspecified atom stereocenters. The Labute approximate surface area is 101 Å². The van der Waals surface area contributed by atoms with Gasteiger partial charge in [0.05, 0.1) is 12.5 Å². The highest BCUT2D eigenvalue weighted by molar-refractivity contribution is 5.82. The van der Waals surface area contributed by atoms with E-state index < -0.39 is 12.0 Å². The fourth-order valence-electron chi connectivity index (χ4n) is 1.69. The number of methoxy groups -OCH3 is 1. The highest BCUT2D eigenvalue weighted by Crippen LogP contribution is 2.34. The first-order valence-corrected chi connectivity index (χ1v) is 5.81. The van der Waals surface area contributed by atoms with Crippen LogP contribution in [0.4, 0.5) is 0 Å². The van der Waals surface area contributed by atoms with Crippen LogP contribution in [0, 0.1) is 5.92 Å². The molecule has 1 fully saturated rings. The maximum absolute atomic E-state index is 11.7. The summed E-state index contributed by atoms with van der Waals surface area (Å²) in [5.41, 5.74) is 5.66. The molecule has 0 aromatic carbocycles. The summed E-state index contributed by atoms with van der Waals surface area (Å²) in [5, 5.41) is 11.5. The lowest BCUT2D eigenvalue weighted by molar-refractivity contribution is -0.138. The minimum absolute atomic E-state index is 0.0343. The molecule has 0 aromatic heterocycles. The lowest BCUT2D eigenvalue weighted by atomic mass is 10.1. The van der Waals surface area contributed by atoms with Crippen LogP contribution in [0.1, 0.15) is 25.7 Å². The van der Waals surface area contributed by atoms with Crippen molar-refractivity contribution in [2.75, 3.05) is 13.7 Å². The van der Waals surface area contributed by atoms with E-state index in [1.807, 2.05) is 0 Å². The number of carbonyl (C=O) groups excluding carboxylic acids is 1. The lowest BCUT2D eigenvalue weighted by Crippen LogP contribution is -2.47. The van der Waals surface area contributed by atoms with Gasteiger partial charge < -0.3 is 20.9 Å². The highest BCUT2D eigenvalue weighted by atomic mass is 16.5. The molecule has 0 heterocycles. The molecule has 6 heteroatoms. The molecule has 0 aliphatic heterocycles. The summed E-state index contributed by atoms with van der Waals surface area (Å²) in [7, 11) is 1.54. The van der Waals surface area contributed by atoms with Gasteiger partial charge in [-0.3, -0.25) is 9.59 Å². The van der Waals surface area contributed by atoms with E-state index in [4.69, 9.17) is 15.6 Å². The SMILES string of the molecule is COCCC(N)C(=O)NC(CC(=O)O)C1CC1. The zero-order chi connectivity index (χ0) is 12.8. The Morgan fingerprint density at radius 2 is 2.18 bits per heavy atom. The molecule has 17 heavy (non-hydrogen) atoms. The molecule has 98 valence electrons. The van der Waals surface area contributed by atoms with E-state index in [2.05, 4.69) is 5.32 Å². The fourth-order valence-corrected chi connectivity index (χ4v) is 1.69. The third-order valence-corrected chi connectivity index (χ3v) is 2.88. The molecule has 0 bridgehead atoms. The van der Waals surface area contributed by atoms with Crippen molar-refractivity contribution in [3.63, 3.8) is 0 Å². The predicted molar refractivity (Wildman–Crippen MR) is 61.4 cm³/mol. The Morgan fingerprint density at radius 3 is 2.65 bits per heavy atom. The van der Waals surface area contributed by atoms with Crippen LogP contribution in [0.15, 0.2) is 0 Å². The molecule has 4 N–H and O–H groups in total. The number of carboxylic acid groups (broad SMARTS) is 1. The van der Waals surface area contributed by atoms with Gasteiger partial charge in [-0.2, -0.15) is 0 Å². The average Bonchev–Trinajstić information content (AvgIpc) is 3.07. The van der Waals surface area contributed by atoms with Crippen LogP contribution in [-0.4, -0.2) is 42.8 Å². The van der Waals surface area contributed by atoms with Gasteiger partial charge in [0.15, 0.2) is 0 Å². The summed E-state index contributed by atoms with van der Waals surface area (Å²) < 4.78 is 4.84. The topological polar surface area (TPSA) is 102 Å². The van der Waals surface area contributed by atoms with Gasteiger partial charge in [0.2, 0.25) is 5.91 Å². The molecule has 0 radical (unpaired) electrons. The van der Waals surface area contributed by atoms with Gasteiger partial charge in [-0.1, -0.05) is 0 Å². The Hall–Kier alpha value is -1.14. The molecule has 1 saturated carbocycles. The zero-order valence-electron chi connectivity index (χ0n) is 10.0. The van der Waals surface area contributed by atoms with Crippen LogP contribution in [0.5, 0.6) is 0 Å². The van der Waals surface area contributed by atoms with Gasteiger partial charge in [-0.25, -0.2) is 0 Å². The first-order chi connectivity index (χ1) is 8.04. The first-order valence-electron chi connectivity index (χ1n) is 5.81. The van der Waals surface area contributed by atoms with Crippen molar-refractivity contribution in [3.8, 4) is 0 Å². The minimum atomic E-state index is -0.896. The van der Waals surface area contributed by atoms with Crippen LogP contribution >= 0.6 is 0 Å². The Morgan fingerprint density at radius 1 is 1.53 bits per heavy atom. The Bertz CT molecular complexity index is 279. The second-order valence-electron chi connectivity index (χ2n) is 4.44. The van der Waals surface area contributed by atoms with Crippen LogP contribution in [0.2, 0.25) is 0 Å². The van der Waals surface area contributed by atoms with Gasteiger partial charge in [-0.15, -0.1) is 0 Å². The number of hydrogen-bond donors (Lipinski definition) is 3. The molecule has 1 rings (SSSR count). The van der Waals surface area contributed by atoms with Crippen molar-refractivity contribution in [1.82, 2.24) is 5.32 Å². The molecular formula is C11H20N2O4. The van der Waals surface area contributed by atoms with Gasteiger partial charge in [-0.05, 0) is 25.2 Å². The monoisotopic (exact) mass is 244 g/mol. The van der Waals surface area contributed by atoms with Crippen molar-refractivity contribution >= 4 is 11.9 Å². The standard InChI is InChI=1S/C11H20N2O4/c1-17-5-4-8(12)11(16)13-9(6-10(14)15)7-2-3-7/h7-9H,2-6,12H2,1H3,(H,13,16)(H,14,15).